The van der Waals surface area contributed by atoms with Crippen LogP contribution in [-0.2, 0) is 86.4 Å². The van der Waals surface area contributed by atoms with Gasteiger partial charge in [0.25, 0.3) is 0 Å². The van der Waals surface area contributed by atoms with E-state index < -0.39 is 133 Å². The first-order valence-corrected chi connectivity index (χ1v) is 58.3. The maximum Gasteiger partial charge on any atom is 0.654 e. The quantitative estimate of drug-likeness (QED) is 0.103. The van der Waals surface area contributed by atoms with Crippen molar-refractivity contribution in [2.75, 3.05) is 0 Å². The number of hydrogen-bond donors (Lipinski definition) is 5. The van der Waals surface area contributed by atoms with Crippen molar-refractivity contribution in [2.45, 2.75) is 77.8 Å². The van der Waals surface area contributed by atoms with Crippen LogP contribution in [0.2, 0.25) is 36.3 Å². The van der Waals surface area contributed by atoms with Gasteiger partial charge >= 0.3 is 133 Å². The highest BCUT2D eigenvalue weighted by molar-refractivity contribution is 7.10. The van der Waals surface area contributed by atoms with Gasteiger partial charge in [0.2, 0.25) is 0 Å². The van der Waals surface area contributed by atoms with E-state index in [4.69, 9.17) is 86.4 Å². The van der Waals surface area contributed by atoms with Crippen molar-refractivity contribution in [3.8, 4) is 0 Å². The Kier molecular flexibility index (Phi) is 18.4. The molecule has 0 spiro atoms. The molecule has 0 radical (unpaired) electrons. The smallest absolute Gasteiger partial charge is 0.387 e. The average Bonchev–Trinajstić information content (AvgIpc) is 0.697. The molecule has 502 valence electrons. The molecule has 7 aromatic carbocycles. The van der Waals surface area contributed by atoms with E-state index in [1.807, 2.05) is 36.4 Å². The van der Waals surface area contributed by atoms with Crippen LogP contribution < -0.4 is 36.3 Å². The SMILES string of the molecule is CC[Si]12O[Si]3(O)O[Si]4(CC)O[Si](CC)(O[Si]5(O)O[Si](CC)(O1)O[Si](CC)(O3)O[Si](CC)(O5)O4)O2.O[Si]1(c2ccccc2)O[Si]2(c3ccccc3)O[Si](O)(c3ccccc3)O[Si]3(c4ccccc4)O[Si](O)(c4ccccc4)O[Si](c4ccccc4)(O1)O[Si](c1ccccc1)(O2)O3. The molecule has 9 aliphatic heterocycles. The van der Waals surface area contributed by atoms with Crippen molar-refractivity contribution in [2.24, 2.45) is 0 Å². The third-order valence-electron chi connectivity index (χ3n) is 16.5. The monoisotopic (exact) mass is 1550 g/mol. The lowest BCUT2D eigenvalue weighted by Crippen LogP contribution is -2.91. The Morgan fingerprint density at radius 2 is 0.337 bits per heavy atom. The van der Waals surface area contributed by atoms with Gasteiger partial charge in [-0.05, 0) is 0 Å². The summed E-state index contributed by atoms with van der Waals surface area (Å²) >= 11 is 0. The van der Waals surface area contributed by atoms with E-state index in [-0.39, 0.29) is 51.8 Å². The fourth-order valence-corrected chi connectivity index (χ4v) is 90.0. The van der Waals surface area contributed by atoms with Gasteiger partial charge in [0, 0.05) is 72.6 Å². The lowest BCUT2D eigenvalue weighted by Gasteiger charge is -2.60. The first kappa shape index (κ1) is 68.9. The Balaban J connectivity index is 0.000000193. The molecule has 0 atom stereocenters. The Labute approximate surface area is 565 Å². The van der Waals surface area contributed by atoms with Gasteiger partial charge in [-0.3, -0.25) is 0 Å². The highest BCUT2D eigenvalue weighted by Crippen LogP contribution is 2.51. The van der Waals surface area contributed by atoms with E-state index in [1.54, 1.807) is 217 Å². The lowest BCUT2D eigenvalue weighted by atomic mass is 10.4. The van der Waals surface area contributed by atoms with Crippen LogP contribution in [0.25, 0.3) is 0 Å². The molecule has 16 rings (SSSR count). The molecule has 0 amide bonds. The van der Waals surface area contributed by atoms with Crippen LogP contribution in [0, 0.1) is 0 Å². The van der Waals surface area contributed by atoms with E-state index in [0.29, 0.717) is 20.7 Å². The van der Waals surface area contributed by atoms with Gasteiger partial charge < -0.3 is 110 Å². The maximum absolute atomic E-state index is 13.6. The van der Waals surface area contributed by atoms with Crippen LogP contribution in [0.15, 0.2) is 212 Å². The van der Waals surface area contributed by atoms with Crippen molar-refractivity contribution in [1.82, 2.24) is 0 Å². The van der Waals surface area contributed by atoms with Gasteiger partial charge in [0.05, 0.1) is 0 Å². The minimum Gasteiger partial charge on any atom is -0.387 e. The molecule has 7 aromatic rings. The molecule has 95 heavy (non-hydrogen) atoms. The number of fused-ring (bicyclic) bond motifs is 3. The topological polar surface area (TPSA) is 295 Å². The second kappa shape index (κ2) is 25.4. The van der Waals surface area contributed by atoms with Gasteiger partial charge in [0.15, 0.2) is 0 Å². The van der Waals surface area contributed by atoms with Gasteiger partial charge in [-0.15, -0.1) is 0 Å². The Bertz CT molecular complexity index is 3400. The van der Waals surface area contributed by atoms with Crippen LogP contribution in [0.1, 0.15) is 41.5 Å². The zero-order valence-corrected chi connectivity index (χ0v) is 67.3. The van der Waals surface area contributed by atoms with E-state index in [0.717, 1.165) is 0 Å². The van der Waals surface area contributed by atoms with Crippen LogP contribution in [0.3, 0.4) is 0 Å². The van der Waals surface area contributed by atoms with E-state index in [2.05, 4.69) is 0 Å². The molecular weight excluding hydrogens is 1490 g/mol. The summed E-state index contributed by atoms with van der Waals surface area (Å²) in [6, 6.07) is 62.7. The van der Waals surface area contributed by atoms with Crippen molar-refractivity contribution in [3.05, 3.63) is 212 Å². The molecule has 9 aliphatic rings. The molecule has 0 unspecified atom stereocenters. The van der Waals surface area contributed by atoms with Crippen molar-refractivity contribution in [1.29, 1.82) is 0 Å². The normalized spacial score (nSPS) is 41.0. The van der Waals surface area contributed by atoms with Crippen molar-refractivity contribution < 1.29 is 110 Å². The summed E-state index contributed by atoms with van der Waals surface area (Å²) in [6.45, 7) is 10.8. The van der Waals surface area contributed by atoms with E-state index in [9.17, 15) is 24.0 Å². The number of hydrogen-bond acceptors (Lipinski definition) is 26. The van der Waals surface area contributed by atoms with Crippen molar-refractivity contribution >= 4 is 169 Å². The second-order valence-corrected chi connectivity index (χ2v) is 66.6. The summed E-state index contributed by atoms with van der Waals surface area (Å²) in [5.41, 5.74) is 0. The third-order valence-corrected chi connectivity index (χ3v) is 77.2. The molecule has 9 saturated heterocycles. The molecule has 12 bridgehead atoms. The summed E-state index contributed by atoms with van der Waals surface area (Å²) in [4.78, 5) is 64.2. The maximum atomic E-state index is 13.6. The van der Waals surface area contributed by atoms with Crippen molar-refractivity contribution in [3.63, 3.8) is 0 Å². The predicted molar refractivity (Wildman–Crippen MR) is 366 cm³/mol. The first-order valence-electron chi connectivity index (χ1n) is 31.2. The minimum atomic E-state index is -5.04. The van der Waals surface area contributed by atoms with Gasteiger partial charge in [-0.2, -0.15) is 0 Å². The van der Waals surface area contributed by atoms with Crippen LogP contribution in [0.5, 0.6) is 0 Å². The molecule has 41 heteroatoms. The minimum absolute atomic E-state index is 0.218. The van der Waals surface area contributed by atoms with E-state index >= 15 is 0 Å². The predicted octanol–water partition coefficient (Wildman–Crippen LogP) is 1.94. The first-order chi connectivity index (χ1) is 45.4. The second-order valence-electron chi connectivity index (χ2n) is 22.9. The third kappa shape index (κ3) is 12.5. The zero-order chi connectivity index (χ0) is 66.4. The fourth-order valence-electron chi connectivity index (χ4n) is 11.9. The molecule has 0 saturated carbocycles. The van der Waals surface area contributed by atoms with Crippen LogP contribution in [0.4, 0.5) is 0 Å². The summed E-state index contributed by atoms with van der Waals surface area (Å²) in [7, 11) is -66.9. The van der Waals surface area contributed by atoms with Gasteiger partial charge in [-0.1, -0.05) is 254 Å². The largest absolute Gasteiger partial charge is 0.654 e. The number of rotatable bonds is 13. The highest BCUT2D eigenvalue weighted by atomic mass is 28.6. The molecule has 0 aliphatic carbocycles. The molecule has 0 aromatic heterocycles. The molecule has 9 heterocycles. The van der Waals surface area contributed by atoms with Gasteiger partial charge in [-0.25, -0.2) is 0 Å². The van der Waals surface area contributed by atoms with Crippen LogP contribution in [-0.4, -0.2) is 157 Å². The molecule has 9 fully saturated rings. The highest BCUT2D eigenvalue weighted by Gasteiger charge is 2.85. The fraction of sp³-hybridized carbons (Fsp3) is 0.222. The Morgan fingerprint density at radius 1 is 0.189 bits per heavy atom. The molecule has 26 nitrogen and oxygen atoms in total. The molecular formula is C54H70O26Si15. The summed E-state index contributed by atoms with van der Waals surface area (Å²) in [6.07, 6.45) is 0. The standard InChI is InChI=1S/C42H38O12Si7.C12H32O14Si8/c43-55(36-22-8-1-9-23-36)46-58(39-28-14-4-15-29-39)48-56(44,37-24-10-2-11-25-37)50-60(41-32-18-6-19-33-41)51-57(45,38-26-12-3-13-27-38)49-59(47-55,40-30-16-5-17-31-40)53-61(52-58,54-60)42-34-20-7-21-35-42;1-7-27-15-28(8-2)17-30(10-4)19-32(12-6)20-31(11-5,25-33(13,21-27)24-30)18-29(9-3,16-27)23-34(14,22-28)26-32/h1-35,43-45H;13-14H,7-12H2,1-6H3. The lowest BCUT2D eigenvalue weighted by molar-refractivity contribution is -0.0628. The molecule has 5 N–H and O–H groups in total. The number of benzene rings is 7. The van der Waals surface area contributed by atoms with E-state index in [1.165, 1.54) is 0 Å². The Morgan fingerprint density at radius 3 is 0.495 bits per heavy atom. The van der Waals surface area contributed by atoms with Crippen LogP contribution >= 0.6 is 0 Å². The summed E-state index contributed by atoms with van der Waals surface area (Å²) in [5.74, 6) is 0. The van der Waals surface area contributed by atoms with Gasteiger partial charge in [0.1, 0.15) is 0 Å². The zero-order valence-electron chi connectivity index (χ0n) is 52.3. The summed E-state index contributed by atoms with van der Waals surface area (Å²) < 4.78 is 144. The average molecular weight is 1560 g/mol. The Hall–Kier alpha value is -3.25. The summed E-state index contributed by atoms with van der Waals surface area (Å²) in [5, 5.41) is 2.18.